The molecule has 6 nitrogen and oxygen atoms in total. The highest BCUT2D eigenvalue weighted by atomic mass is 79.9. The van der Waals surface area contributed by atoms with Crippen molar-refractivity contribution in [1.29, 1.82) is 0 Å². The summed E-state index contributed by atoms with van der Waals surface area (Å²) >= 11 is 4.78. The Labute approximate surface area is 164 Å². The molecule has 1 aliphatic rings. The Bertz CT molecular complexity index is 789. The Morgan fingerprint density at radius 2 is 2.23 bits per heavy atom. The first-order valence-electron chi connectivity index (χ1n) is 8.40. The molecule has 0 bridgehead atoms. The smallest absolute Gasteiger partial charge is 0.255 e. The van der Waals surface area contributed by atoms with E-state index in [-0.39, 0.29) is 24.5 Å². The Kier molecular flexibility index (Phi) is 6.39. The SMILES string of the molecule is Cc1csc(NC(=O)CN(CC2CCCO2)C(=O)c2ccccc2Br)n1. The molecule has 1 aromatic carbocycles. The monoisotopic (exact) mass is 437 g/mol. The van der Waals surface area contributed by atoms with Gasteiger partial charge in [0.2, 0.25) is 5.91 Å². The fraction of sp³-hybridized carbons (Fsp3) is 0.389. The van der Waals surface area contributed by atoms with Crippen molar-refractivity contribution < 1.29 is 14.3 Å². The molecule has 1 fully saturated rings. The Balaban J connectivity index is 1.72. The summed E-state index contributed by atoms with van der Waals surface area (Å²) in [4.78, 5) is 31.2. The van der Waals surface area contributed by atoms with Crippen molar-refractivity contribution in [3.8, 4) is 0 Å². The number of aromatic nitrogens is 1. The van der Waals surface area contributed by atoms with Crippen LogP contribution in [-0.2, 0) is 9.53 Å². The zero-order valence-electron chi connectivity index (χ0n) is 14.4. The molecule has 2 amide bonds. The summed E-state index contributed by atoms with van der Waals surface area (Å²) in [5, 5.41) is 5.17. The minimum atomic E-state index is -0.266. The molecule has 0 radical (unpaired) electrons. The van der Waals surface area contributed by atoms with Crippen LogP contribution < -0.4 is 5.32 Å². The van der Waals surface area contributed by atoms with Crippen LogP contribution in [0.1, 0.15) is 28.9 Å². The van der Waals surface area contributed by atoms with E-state index in [9.17, 15) is 9.59 Å². The third kappa shape index (κ3) is 4.90. The minimum Gasteiger partial charge on any atom is -0.376 e. The number of nitrogens with one attached hydrogen (secondary N) is 1. The molecule has 1 N–H and O–H groups in total. The van der Waals surface area contributed by atoms with E-state index >= 15 is 0 Å². The van der Waals surface area contributed by atoms with Gasteiger partial charge in [0.05, 0.1) is 17.4 Å². The fourth-order valence-corrected chi connectivity index (χ4v) is 3.96. The van der Waals surface area contributed by atoms with Crippen molar-refractivity contribution in [2.24, 2.45) is 0 Å². The molecule has 2 aromatic rings. The molecule has 0 saturated carbocycles. The lowest BCUT2D eigenvalue weighted by molar-refractivity contribution is -0.117. The van der Waals surface area contributed by atoms with Gasteiger partial charge >= 0.3 is 0 Å². The third-order valence-corrected chi connectivity index (χ3v) is 5.61. The second-order valence-corrected chi connectivity index (χ2v) is 7.86. The van der Waals surface area contributed by atoms with Crippen molar-refractivity contribution in [2.45, 2.75) is 25.9 Å². The van der Waals surface area contributed by atoms with Crippen LogP contribution >= 0.6 is 27.3 Å². The molecule has 0 spiro atoms. The molecule has 1 atom stereocenters. The van der Waals surface area contributed by atoms with E-state index < -0.39 is 0 Å². The lowest BCUT2D eigenvalue weighted by Crippen LogP contribution is -2.42. The van der Waals surface area contributed by atoms with E-state index in [2.05, 4.69) is 26.2 Å². The molecular weight excluding hydrogens is 418 g/mol. The van der Waals surface area contributed by atoms with Crippen molar-refractivity contribution in [3.05, 3.63) is 45.4 Å². The number of carbonyl (C=O) groups excluding carboxylic acids is 2. The summed E-state index contributed by atoms with van der Waals surface area (Å²) in [5.41, 5.74) is 1.38. The second-order valence-electron chi connectivity index (χ2n) is 6.14. The zero-order chi connectivity index (χ0) is 18.5. The number of hydrogen-bond acceptors (Lipinski definition) is 5. The summed E-state index contributed by atoms with van der Waals surface area (Å²) in [6.07, 6.45) is 1.84. The first-order chi connectivity index (χ1) is 12.5. The average Bonchev–Trinajstić information content (AvgIpc) is 3.26. The van der Waals surface area contributed by atoms with E-state index in [1.165, 1.54) is 11.3 Å². The van der Waals surface area contributed by atoms with Crippen LogP contribution in [0.4, 0.5) is 5.13 Å². The van der Waals surface area contributed by atoms with Crippen LogP contribution in [0, 0.1) is 6.92 Å². The quantitative estimate of drug-likeness (QED) is 0.750. The lowest BCUT2D eigenvalue weighted by atomic mass is 10.1. The van der Waals surface area contributed by atoms with Gasteiger partial charge in [0.25, 0.3) is 5.91 Å². The molecule has 3 rings (SSSR count). The molecular formula is C18H20BrN3O3S. The van der Waals surface area contributed by atoms with E-state index in [1.54, 1.807) is 17.0 Å². The van der Waals surface area contributed by atoms with Gasteiger partial charge in [-0.3, -0.25) is 9.59 Å². The predicted octanol–water partition coefficient (Wildman–Crippen LogP) is 3.47. The van der Waals surface area contributed by atoms with Gasteiger partial charge in [-0.15, -0.1) is 11.3 Å². The number of rotatable bonds is 6. The maximum Gasteiger partial charge on any atom is 0.255 e. The van der Waals surface area contributed by atoms with Crippen LogP contribution in [-0.4, -0.2) is 47.5 Å². The number of ether oxygens (including phenoxy) is 1. The molecule has 0 aliphatic carbocycles. The number of halogens is 1. The molecule has 1 aromatic heterocycles. The number of hydrogen-bond donors (Lipinski definition) is 1. The van der Waals surface area contributed by atoms with Crippen molar-refractivity contribution in [2.75, 3.05) is 25.0 Å². The van der Waals surface area contributed by atoms with Gasteiger partial charge in [0.15, 0.2) is 5.13 Å². The molecule has 2 heterocycles. The van der Waals surface area contributed by atoms with Gasteiger partial charge in [-0.1, -0.05) is 12.1 Å². The summed E-state index contributed by atoms with van der Waals surface area (Å²) in [6.45, 7) is 2.92. The number of amides is 2. The fourth-order valence-electron chi connectivity index (χ4n) is 2.80. The van der Waals surface area contributed by atoms with Gasteiger partial charge in [-0.2, -0.15) is 0 Å². The summed E-state index contributed by atoms with van der Waals surface area (Å²) in [7, 11) is 0. The summed E-state index contributed by atoms with van der Waals surface area (Å²) in [5.74, 6) is -0.462. The molecule has 8 heteroatoms. The van der Waals surface area contributed by atoms with Crippen molar-refractivity contribution in [3.63, 3.8) is 0 Å². The van der Waals surface area contributed by atoms with Crippen LogP contribution in [0.5, 0.6) is 0 Å². The number of anilines is 1. The van der Waals surface area contributed by atoms with Crippen LogP contribution in [0.25, 0.3) is 0 Å². The van der Waals surface area contributed by atoms with Gasteiger partial charge in [0.1, 0.15) is 6.54 Å². The predicted molar refractivity (Wildman–Crippen MR) is 105 cm³/mol. The number of nitrogens with zero attached hydrogens (tertiary/aromatic N) is 2. The lowest BCUT2D eigenvalue weighted by Gasteiger charge is -2.25. The largest absolute Gasteiger partial charge is 0.376 e. The number of benzene rings is 1. The van der Waals surface area contributed by atoms with Gasteiger partial charge in [-0.25, -0.2) is 4.98 Å². The normalized spacial score (nSPS) is 16.5. The summed E-state index contributed by atoms with van der Waals surface area (Å²) < 4.78 is 6.36. The third-order valence-electron chi connectivity index (χ3n) is 4.04. The molecule has 1 unspecified atom stereocenters. The van der Waals surface area contributed by atoms with Crippen molar-refractivity contribution in [1.82, 2.24) is 9.88 Å². The Morgan fingerprint density at radius 3 is 2.88 bits per heavy atom. The Hall–Kier alpha value is -1.77. The van der Waals surface area contributed by atoms with Gasteiger partial charge in [0, 0.05) is 23.0 Å². The van der Waals surface area contributed by atoms with E-state index in [0.717, 1.165) is 18.5 Å². The van der Waals surface area contributed by atoms with Crippen LogP contribution in [0.2, 0.25) is 0 Å². The van der Waals surface area contributed by atoms with E-state index in [0.29, 0.717) is 28.3 Å². The minimum absolute atomic E-state index is 0.0312. The highest BCUT2D eigenvalue weighted by molar-refractivity contribution is 9.10. The van der Waals surface area contributed by atoms with Crippen molar-refractivity contribution >= 4 is 44.2 Å². The second kappa shape index (κ2) is 8.75. The topological polar surface area (TPSA) is 71.5 Å². The maximum atomic E-state index is 13.0. The first kappa shape index (κ1) is 19.0. The van der Waals surface area contributed by atoms with E-state index in [1.807, 2.05) is 24.4 Å². The molecule has 26 heavy (non-hydrogen) atoms. The number of aryl methyl sites for hydroxylation is 1. The first-order valence-corrected chi connectivity index (χ1v) is 10.1. The maximum absolute atomic E-state index is 13.0. The zero-order valence-corrected chi connectivity index (χ0v) is 16.8. The number of carbonyl (C=O) groups is 2. The highest BCUT2D eigenvalue weighted by Crippen LogP contribution is 2.20. The average molecular weight is 438 g/mol. The van der Waals surface area contributed by atoms with Gasteiger partial charge < -0.3 is 15.0 Å². The summed E-state index contributed by atoms with van der Waals surface area (Å²) in [6, 6.07) is 7.22. The van der Waals surface area contributed by atoms with Crippen LogP contribution in [0.15, 0.2) is 34.1 Å². The molecule has 1 saturated heterocycles. The highest BCUT2D eigenvalue weighted by Gasteiger charge is 2.26. The number of thiazole rings is 1. The standard InChI is InChI=1S/C18H20BrN3O3S/c1-12-11-26-18(20-12)21-16(23)10-22(9-13-5-4-8-25-13)17(24)14-6-2-3-7-15(14)19/h2-3,6-7,11,13H,4-5,8-10H2,1H3,(H,20,21,23). The van der Waals surface area contributed by atoms with Gasteiger partial charge in [-0.05, 0) is 47.8 Å². The van der Waals surface area contributed by atoms with E-state index in [4.69, 9.17) is 4.74 Å². The molecule has 138 valence electrons. The molecule has 1 aliphatic heterocycles. The Morgan fingerprint density at radius 1 is 1.42 bits per heavy atom. The van der Waals surface area contributed by atoms with Crippen LogP contribution in [0.3, 0.4) is 0 Å².